The number of aliphatic carboxylic acids is 1. The molecule has 0 radical (unpaired) electrons. The van der Waals surface area contributed by atoms with Gasteiger partial charge in [-0.25, -0.2) is 9.48 Å². The molecule has 1 saturated heterocycles. The van der Waals surface area contributed by atoms with Crippen LogP contribution in [-0.4, -0.2) is 43.8 Å². The van der Waals surface area contributed by atoms with Crippen LogP contribution in [0.1, 0.15) is 22.3 Å². The van der Waals surface area contributed by atoms with Crippen LogP contribution in [0.5, 0.6) is 0 Å². The number of carboxylic acid groups (broad SMARTS) is 1. The van der Waals surface area contributed by atoms with Gasteiger partial charge in [-0.15, -0.1) is 0 Å². The second-order valence-corrected chi connectivity index (χ2v) is 6.70. The lowest BCUT2D eigenvalue weighted by Crippen LogP contribution is -2.54. The topological polar surface area (TPSA) is 84.2 Å². The minimum absolute atomic E-state index is 0.356. The lowest BCUT2D eigenvalue weighted by Gasteiger charge is -2.24. The zero-order valence-corrected chi connectivity index (χ0v) is 13.5. The minimum atomic E-state index is -1.16. The van der Waals surface area contributed by atoms with Crippen molar-refractivity contribution in [3.8, 4) is 5.69 Å². The van der Waals surface area contributed by atoms with E-state index in [0.717, 1.165) is 17.0 Å². The highest BCUT2D eigenvalue weighted by atomic mass is 32.2. The van der Waals surface area contributed by atoms with Gasteiger partial charge in [0.05, 0.1) is 5.69 Å². The number of nitrogens with one attached hydrogen (secondary N) is 1. The standard InChI is InChI=1S/C16H17N3O3S/c1-11-9-12(3-4-13(11)19-7-2-6-17-19)14(20)18-16(15(21)22)5-8-23-10-16/h2-4,6-7,9H,5,8,10H2,1H3,(H,18,20)(H,21,22). The number of nitrogens with zero attached hydrogens (tertiary/aromatic N) is 2. The fourth-order valence-electron chi connectivity index (χ4n) is 2.64. The van der Waals surface area contributed by atoms with Gasteiger partial charge in [0, 0.05) is 23.7 Å². The number of rotatable bonds is 4. The highest BCUT2D eigenvalue weighted by Gasteiger charge is 2.43. The summed E-state index contributed by atoms with van der Waals surface area (Å²) in [6.45, 7) is 1.90. The van der Waals surface area contributed by atoms with E-state index >= 15 is 0 Å². The first-order valence-electron chi connectivity index (χ1n) is 7.26. The van der Waals surface area contributed by atoms with Crippen molar-refractivity contribution in [3.63, 3.8) is 0 Å². The highest BCUT2D eigenvalue weighted by molar-refractivity contribution is 7.99. The molecule has 0 aliphatic carbocycles. The predicted octanol–water partition coefficient (Wildman–Crippen LogP) is 1.87. The Morgan fingerprint density at radius 2 is 2.26 bits per heavy atom. The van der Waals surface area contributed by atoms with Crippen LogP contribution in [0.3, 0.4) is 0 Å². The third-order valence-electron chi connectivity index (χ3n) is 3.99. The number of amides is 1. The number of thioether (sulfide) groups is 1. The molecule has 6 nitrogen and oxygen atoms in total. The number of hydrogen-bond acceptors (Lipinski definition) is 4. The average Bonchev–Trinajstić information content (AvgIpc) is 3.19. The summed E-state index contributed by atoms with van der Waals surface area (Å²) in [6.07, 6.45) is 3.97. The first-order chi connectivity index (χ1) is 11.0. The monoisotopic (exact) mass is 331 g/mol. The Labute approximate surface area is 137 Å². The van der Waals surface area contributed by atoms with E-state index in [1.165, 1.54) is 0 Å². The molecule has 0 saturated carbocycles. The molecular weight excluding hydrogens is 314 g/mol. The quantitative estimate of drug-likeness (QED) is 0.893. The fourth-order valence-corrected chi connectivity index (χ4v) is 3.97. The van der Waals surface area contributed by atoms with Gasteiger partial charge in [-0.1, -0.05) is 0 Å². The van der Waals surface area contributed by atoms with Crippen LogP contribution in [0.2, 0.25) is 0 Å². The molecule has 1 aliphatic heterocycles. The van der Waals surface area contributed by atoms with E-state index in [-0.39, 0.29) is 5.91 Å². The van der Waals surface area contributed by atoms with Crippen LogP contribution in [-0.2, 0) is 4.79 Å². The Balaban J connectivity index is 1.83. The fraction of sp³-hybridized carbons (Fsp3) is 0.312. The Bertz CT molecular complexity index is 737. The summed E-state index contributed by atoms with van der Waals surface area (Å²) < 4.78 is 1.73. The van der Waals surface area contributed by atoms with Gasteiger partial charge in [0.25, 0.3) is 5.91 Å². The number of carbonyl (C=O) groups is 2. The maximum atomic E-state index is 12.5. The lowest BCUT2D eigenvalue weighted by atomic mass is 9.98. The summed E-state index contributed by atoms with van der Waals surface area (Å²) in [5, 5.41) is 16.3. The minimum Gasteiger partial charge on any atom is -0.479 e. The summed E-state index contributed by atoms with van der Waals surface area (Å²) in [5.41, 5.74) is 1.08. The molecule has 23 heavy (non-hydrogen) atoms. The van der Waals surface area contributed by atoms with Crippen molar-refractivity contribution in [3.05, 3.63) is 47.8 Å². The summed E-state index contributed by atoms with van der Waals surface area (Å²) in [4.78, 5) is 24.0. The molecule has 7 heteroatoms. The van der Waals surface area contributed by atoms with Crippen LogP contribution in [0.15, 0.2) is 36.7 Å². The van der Waals surface area contributed by atoms with Gasteiger partial charge in [0.15, 0.2) is 0 Å². The highest BCUT2D eigenvalue weighted by Crippen LogP contribution is 2.28. The van der Waals surface area contributed by atoms with Gasteiger partial charge in [0.1, 0.15) is 5.54 Å². The molecular formula is C16H17N3O3S. The maximum absolute atomic E-state index is 12.5. The smallest absolute Gasteiger partial charge is 0.330 e. The predicted molar refractivity (Wildman–Crippen MR) is 88.1 cm³/mol. The van der Waals surface area contributed by atoms with Gasteiger partial charge in [-0.3, -0.25) is 4.79 Å². The molecule has 0 spiro atoms. The van der Waals surface area contributed by atoms with Crippen molar-refractivity contribution in [1.82, 2.24) is 15.1 Å². The Morgan fingerprint density at radius 3 is 2.83 bits per heavy atom. The Kier molecular flexibility index (Phi) is 4.12. The number of aromatic nitrogens is 2. The van der Waals surface area contributed by atoms with Crippen molar-refractivity contribution in [2.45, 2.75) is 18.9 Å². The summed E-state index contributed by atoms with van der Waals surface area (Å²) >= 11 is 1.54. The maximum Gasteiger partial charge on any atom is 0.330 e. The third-order valence-corrected chi connectivity index (χ3v) is 5.18. The first-order valence-corrected chi connectivity index (χ1v) is 8.42. The van der Waals surface area contributed by atoms with Crippen LogP contribution < -0.4 is 5.32 Å². The van der Waals surface area contributed by atoms with Crippen LogP contribution in [0.25, 0.3) is 5.69 Å². The second-order valence-electron chi connectivity index (χ2n) is 5.60. The van der Waals surface area contributed by atoms with E-state index in [4.69, 9.17) is 0 Å². The number of hydrogen-bond donors (Lipinski definition) is 2. The Morgan fingerprint density at radius 1 is 1.43 bits per heavy atom. The molecule has 1 atom stereocenters. The van der Waals surface area contributed by atoms with Gasteiger partial charge in [-0.05, 0) is 48.9 Å². The van der Waals surface area contributed by atoms with Gasteiger partial charge < -0.3 is 10.4 Å². The van der Waals surface area contributed by atoms with Crippen LogP contribution in [0, 0.1) is 6.92 Å². The van der Waals surface area contributed by atoms with E-state index in [0.29, 0.717) is 17.7 Å². The Hall–Kier alpha value is -2.28. The van der Waals surface area contributed by atoms with Crippen molar-refractivity contribution in [2.24, 2.45) is 0 Å². The van der Waals surface area contributed by atoms with E-state index in [2.05, 4.69) is 10.4 Å². The molecule has 0 bridgehead atoms. The molecule has 2 N–H and O–H groups in total. The molecule has 1 unspecified atom stereocenters. The molecule has 1 aromatic heterocycles. The molecule has 1 amide bonds. The van der Waals surface area contributed by atoms with Crippen molar-refractivity contribution in [2.75, 3.05) is 11.5 Å². The number of aryl methyl sites for hydroxylation is 1. The number of carboxylic acids is 1. The molecule has 1 aromatic carbocycles. The molecule has 3 rings (SSSR count). The van der Waals surface area contributed by atoms with E-state index < -0.39 is 11.5 Å². The van der Waals surface area contributed by atoms with Crippen molar-refractivity contribution < 1.29 is 14.7 Å². The van der Waals surface area contributed by atoms with Gasteiger partial charge >= 0.3 is 5.97 Å². The van der Waals surface area contributed by atoms with Crippen LogP contribution in [0.4, 0.5) is 0 Å². The van der Waals surface area contributed by atoms with Crippen LogP contribution >= 0.6 is 11.8 Å². The average molecular weight is 331 g/mol. The second kappa shape index (κ2) is 6.08. The molecule has 2 aromatic rings. The SMILES string of the molecule is Cc1cc(C(=O)NC2(C(=O)O)CCSC2)ccc1-n1cccn1. The summed E-state index contributed by atoms with van der Waals surface area (Å²) in [6, 6.07) is 7.09. The largest absolute Gasteiger partial charge is 0.479 e. The van der Waals surface area contributed by atoms with E-state index in [1.54, 1.807) is 34.8 Å². The zero-order chi connectivity index (χ0) is 16.4. The van der Waals surface area contributed by atoms with Gasteiger partial charge in [-0.2, -0.15) is 16.9 Å². The summed E-state index contributed by atoms with van der Waals surface area (Å²) in [7, 11) is 0. The number of carbonyl (C=O) groups excluding carboxylic acids is 1. The number of benzene rings is 1. The van der Waals surface area contributed by atoms with Crippen molar-refractivity contribution in [1.29, 1.82) is 0 Å². The first kappa shape index (κ1) is 15.6. The molecule has 1 aliphatic rings. The van der Waals surface area contributed by atoms with E-state index in [9.17, 15) is 14.7 Å². The normalized spacial score (nSPS) is 20.4. The van der Waals surface area contributed by atoms with E-state index in [1.807, 2.05) is 25.3 Å². The van der Waals surface area contributed by atoms with Crippen molar-refractivity contribution >= 4 is 23.6 Å². The molecule has 120 valence electrons. The zero-order valence-electron chi connectivity index (χ0n) is 12.7. The molecule has 2 heterocycles. The third kappa shape index (κ3) is 2.96. The lowest BCUT2D eigenvalue weighted by molar-refractivity contribution is -0.143. The molecule has 1 fully saturated rings. The van der Waals surface area contributed by atoms with Gasteiger partial charge in [0.2, 0.25) is 0 Å². The summed E-state index contributed by atoms with van der Waals surface area (Å²) in [5.74, 6) is -0.187.